The van der Waals surface area contributed by atoms with E-state index in [0.29, 0.717) is 5.92 Å². The van der Waals surface area contributed by atoms with Gasteiger partial charge in [-0.05, 0) is 56.9 Å². The lowest BCUT2D eigenvalue weighted by molar-refractivity contribution is 0.232. The average Bonchev–Trinajstić information content (AvgIpc) is 2.68. The molecule has 118 valence electrons. The number of hydrogen-bond donors (Lipinski definition) is 1. The molecule has 1 saturated heterocycles. The molecule has 0 amide bonds. The van der Waals surface area contributed by atoms with Gasteiger partial charge in [0.2, 0.25) is 0 Å². The van der Waals surface area contributed by atoms with Gasteiger partial charge >= 0.3 is 0 Å². The minimum Gasteiger partial charge on any atom is -0.330 e. The zero-order valence-electron chi connectivity index (χ0n) is 13.9. The molecule has 1 aliphatic heterocycles. The van der Waals surface area contributed by atoms with E-state index in [1.54, 1.807) is 0 Å². The highest BCUT2D eigenvalue weighted by atomic mass is 15.2. The van der Waals surface area contributed by atoms with Crippen LogP contribution in [-0.2, 0) is 6.54 Å². The smallest absolute Gasteiger partial charge is 0.0237 e. The van der Waals surface area contributed by atoms with E-state index in [-0.39, 0.29) is 0 Å². The number of nitrogens with two attached hydrogens (primary N) is 1. The van der Waals surface area contributed by atoms with Gasteiger partial charge in [-0.2, -0.15) is 0 Å². The van der Waals surface area contributed by atoms with E-state index in [4.69, 9.17) is 5.73 Å². The summed E-state index contributed by atoms with van der Waals surface area (Å²) in [6, 6.07) is 6.80. The van der Waals surface area contributed by atoms with Crippen LogP contribution >= 0.6 is 0 Å². The Bertz CT molecular complexity index is 444. The molecule has 2 rings (SSSR count). The van der Waals surface area contributed by atoms with Crippen LogP contribution in [0.5, 0.6) is 0 Å². The zero-order chi connectivity index (χ0) is 15.2. The van der Waals surface area contributed by atoms with E-state index < -0.39 is 0 Å². The monoisotopic (exact) mass is 289 g/mol. The summed E-state index contributed by atoms with van der Waals surface area (Å²) in [5, 5.41) is 0. The summed E-state index contributed by atoms with van der Waals surface area (Å²) >= 11 is 0. The lowest BCUT2D eigenvalue weighted by Crippen LogP contribution is -2.35. The minimum atomic E-state index is 0.607. The second-order valence-electron chi connectivity index (χ2n) is 6.70. The summed E-state index contributed by atoms with van der Waals surface area (Å²) in [6.07, 6.45) is 1.27. The highest BCUT2D eigenvalue weighted by Gasteiger charge is 2.16. The molecule has 0 radical (unpaired) electrons. The number of nitrogens with zero attached hydrogens (tertiary/aromatic N) is 2. The number of rotatable bonds is 5. The van der Waals surface area contributed by atoms with Crippen LogP contribution < -0.4 is 5.73 Å². The molecule has 0 saturated carbocycles. The van der Waals surface area contributed by atoms with E-state index in [1.807, 2.05) is 0 Å². The molecule has 0 spiro atoms. The van der Waals surface area contributed by atoms with E-state index in [1.165, 1.54) is 49.3 Å². The first kappa shape index (κ1) is 16.5. The third-order valence-electron chi connectivity index (χ3n) is 4.55. The van der Waals surface area contributed by atoms with Gasteiger partial charge in [-0.25, -0.2) is 0 Å². The fourth-order valence-corrected chi connectivity index (χ4v) is 3.09. The maximum absolute atomic E-state index is 5.75. The minimum absolute atomic E-state index is 0.607. The number of hydrogen-bond acceptors (Lipinski definition) is 3. The Morgan fingerprint density at radius 2 is 1.81 bits per heavy atom. The SMILES string of the molecule is Cc1ccc(C)c(CN2CCCN(CC(C)CN)CC2)c1. The van der Waals surface area contributed by atoms with Gasteiger partial charge in [0.05, 0.1) is 0 Å². The fourth-order valence-electron chi connectivity index (χ4n) is 3.09. The van der Waals surface area contributed by atoms with Crippen molar-refractivity contribution in [3.8, 4) is 0 Å². The predicted octanol–water partition coefficient (Wildman–Crippen LogP) is 2.41. The van der Waals surface area contributed by atoms with Crippen molar-refractivity contribution in [1.29, 1.82) is 0 Å². The van der Waals surface area contributed by atoms with Gasteiger partial charge in [-0.1, -0.05) is 30.7 Å². The molecule has 1 aromatic rings. The van der Waals surface area contributed by atoms with Gasteiger partial charge in [0.1, 0.15) is 0 Å². The van der Waals surface area contributed by atoms with Crippen LogP contribution in [0, 0.1) is 19.8 Å². The molecule has 0 bridgehead atoms. The quantitative estimate of drug-likeness (QED) is 0.903. The summed E-state index contributed by atoms with van der Waals surface area (Å²) in [5.41, 5.74) is 10.0. The molecule has 3 nitrogen and oxygen atoms in total. The van der Waals surface area contributed by atoms with Crippen molar-refractivity contribution in [3.05, 3.63) is 34.9 Å². The number of benzene rings is 1. The Balaban J connectivity index is 1.89. The second-order valence-corrected chi connectivity index (χ2v) is 6.70. The van der Waals surface area contributed by atoms with Gasteiger partial charge in [-0.15, -0.1) is 0 Å². The standard InChI is InChI=1S/C18H31N3/c1-15-5-6-17(3)18(11-15)14-21-8-4-7-20(9-10-21)13-16(2)12-19/h5-6,11,16H,4,7-10,12-14,19H2,1-3H3. The molecular weight excluding hydrogens is 258 g/mol. The van der Waals surface area contributed by atoms with Crippen molar-refractivity contribution in [2.45, 2.75) is 33.7 Å². The van der Waals surface area contributed by atoms with Crippen molar-refractivity contribution in [1.82, 2.24) is 9.80 Å². The van der Waals surface area contributed by atoms with Crippen molar-refractivity contribution in [2.24, 2.45) is 11.7 Å². The van der Waals surface area contributed by atoms with Gasteiger partial charge in [0.15, 0.2) is 0 Å². The van der Waals surface area contributed by atoms with Gasteiger partial charge in [0.25, 0.3) is 0 Å². The van der Waals surface area contributed by atoms with E-state index in [0.717, 1.165) is 19.6 Å². The predicted molar refractivity (Wildman–Crippen MR) is 90.5 cm³/mol. The zero-order valence-corrected chi connectivity index (χ0v) is 13.9. The van der Waals surface area contributed by atoms with Crippen molar-refractivity contribution >= 4 is 0 Å². The molecule has 0 aliphatic carbocycles. The Morgan fingerprint density at radius 3 is 2.57 bits per heavy atom. The maximum Gasteiger partial charge on any atom is 0.0237 e. The Labute approximate surface area is 130 Å². The van der Waals surface area contributed by atoms with E-state index >= 15 is 0 Å². The molecule has 1 atom stereocenters. The Morgan fingerprint density at radius 1 is 1.10 bits per heavy atom. The van der Waals surface area contributed by atoms with Crippen LogP contribution in [0.4, 0.5) is 0 Å². The molecule has 2 N–H and O–H groups in total. The first-order valence-electron chi connectivity index (χ1n) is 8.29. The Kier molecular flexibility index (Phi) is 6.22. The largest absolute Gasteiger partial charge is 0.330 e. The van der Waals surface area contributed by atoms with E-state index in [9.17, 15) is 0 Å². The van der Waals surface area contributed by atoms with Crippen LogP contribution in [0.15, 0.2) is 18.2 Å². The topological polar surface area (TPSA) is 32.5 Å². The molecule has 3 heteroatoms. The summed E-state index contributed by atoms with van der Waals surface area (Å²) in [4.78, 5) is 5.19. The van der Waals surface area contributed by atoms with Gasteiger partial charge in [0, 0.05) is 26.2 Å². The van der Waals surface area contributed by atoms with Crippen LogP contribution in [0.2, 0.25) is 0 Å². The van der Waals surface area contributed by atoms with Crippen molar-refractivity contribution in [3.63, 3.8) is 0 Å². The third kappa shape index (κ3) is 5.10. The summed E-state index contributed by atoms with van der Waals surface area (Å²) in [6.45, 7) is 14.5. The molecule has 1 heterocycles. The van der Waals surface area contributed by atoms with Crippen molar-refractivity contribution in [2.75, 3.05) is 39.3 Å². The molecule has 1 aliphatic rings. The fraction of sp³-hybridized carbons (Fsp3) is 0.667. The van der Waals surface area contributed by atoms with Crippen molar-refractivity contribution < 1.29 is 0 Å². The third-order valence-corrected chi connectivity index (χ3v) is 4.55. The molecule has 0 aromatic heterocycles. The Hall–Kier alpha value is -0.900. The maximum atomic E-state index is 5.75. The molecule has 21 heavy (non-hydrogen) atoms. The average molecular weight is 289 g/mol. The van der Waals surface area contributed by atoms with Crippen LogP contribution in [-0.4, -0.2) is 49.1 Å². The normalized spacial score (nSPS) is 19.4. The molecular formula is C18H31N3. The summed E-state index contributed by atoms with van der Waals surface area (Å²) in [5.74, 6) is 0.607. The molecule has 1 unspecified atom stereocenters. The number of aryl methyl sites for hydroxylation is 2. The first-order chi connectivity index (χ1) is 10.1. The molecule has 1 aromatic carbocycles. The lowest BCUT2D eigenvalue weighted by atomic mass is 10.1. The highest BCUT2D eigenvalue weighted by Crippen LogP contribution is 2.15. The van der Waals surface area contributed by atoms with Crippen LogP contribution in [0.1, 0.15) is 30.0 Å². The lowest BCUT2D eigenvalue weighted by Gasteiger charge is -2.24. The highest BCUT2D eigenvalue weighted by molar-refractivity contribution is 5.30. The first-order valence-corrected chi connectivity index (χ1v) is 8.29. The summed E-state index contributed by atoms with van der Waals surface area (Å²) in [7, 11) is 0. The van der Waals surface area contributed by atoms with Gasteiger partial charge in [-0.3, -0.25) is 4.90 Å². The summed E-state index contributed by atoms with van der Waals surface area (Å²) < 4.78 is 0. The van der Waals surface area contributed by atoms with Gasteiger partial charge < -0.3 is 10.6 Å². The van der Waals surface area contributed by atoms with E-state index in [2.05, 4.69) is 48.8 Å². The van der Waals surface area contributed by atoms with Crippen LogP contribution in [0.3, 0.4) is 0 Å². The second kappa shape index (κ2) is 7.92. The van der Waals surface area contributed by atoms with Crippen LogP contribution in [0.25, 0.3) is 0 Å². The molecule has 1 fully saturated rings.